The van der Waals surface area contributed by atoms with E-state index in [-0.39, 0.29) is 23.3 Å². The summed E-state index contributed by atoms with van der Waals surface area (Å²) in [5, 5.41) is 7.00. The number of para-hydroxylation sites is 1. The molecule has 1 amide bonds. The maximum atomic E-state index is 13.3. The molecule has 1 aliphatic carbocycles. The molecule has 1 aliphatic rings. The number of carbonyl (C=O) groups excluding carboxylic acids is 1. The van der Waals surface area contributed by atoms with E-state index < -0.39 is 15.9 Å². The highest BCUT2D eigenvalue weighted by molar-refractivity contribution is 7.89. The van der Waals surface area contributed by atoms with E-state index in [2.05, 4.69) is 15.5 Å². The molecule has 0 unspecified atom stereocenters. The van der Waals surface area contributed by atoms with E-state index in [9.17, 15) is 13.2 Å². The van der Waals surface area contributed by atoms with Crippen molar-refractivity contribution in [3.8, 4) is 0 Å². The zero-order valence-electron chi connectivity index (χ0n) is 14.6. The summed E-state index contributed by atoms with van der Waals surface area (Å²) < 4.78 is 32.7. The molecule has 1 aromatic carbocycles. The number of anilines is 1. The number of aryl methyl sites for hydroxylation is 1. The molecule has 0 saturated heterocycles. The van der Waals surface area contributed by atoms with Crippen LogP contribution < -0.4 is 5.32 Å². The number of amides is 1. The molecule has 27 heavy (non-hydrogen) atoms. The summed E-state index contributed by atoms with van der Waals surface area (Å²) in [6, 6.07) is 9.97. The molecule has 2 heterocycles. The van der Waals surface area contributed by atoms with E-state index in [1.54, 1.807) is 31.3 Å². The number of hydrogen-bond donors (Lipinski definition) is 1. The predicted octanol–water partition coefficient (Wildman–Crippen LogP) is 2.32. The van der Waals surface area contributed by atoms with Crippen molar-refractivity contribution in [1.29, 1.82) is 0 Å². The van der Waals surface area contributed by atoms with Crippen molar-refractivity contribution >= 4 is 32.7 Å². The van der Waals surface area contributed by atoms with E-state index in [1.807, 2.05) is 12.1 Å². The van der Waals surface area contributed by atoms with Gasteiger partial charge in [-0.05, 0) is 31.9 Å². The molecular weight excluding hydrogens is 368 g/mol. The molecule has 140 valence electrons. The Kier molecular flexibility index (Phi) is 4.40. The monoisotopic (exact) mass is 386 g/mol. The molecule has 9 heteroatoms. The first kappa shape index (κ1) is 17.6. The van der Waals surface area contributed by atoms with E-state index >= 15 is 0 Å². The lowest BCUT2D eigenvalue weighted by Crippen LogP contribution is -2.39. The minimum absolute atomic E-state index is 0.109. The fourth-order valence-corrected chi connectivity index (χ4v) is 4.74. The van der Waals surface area contributed by atoms with Crippen molar-refractivity contribution in [1.82, 2.24) is 14.4 Å². The zero-order chi connectivity index (χ0) is 19.0. The quantitative estimate of drug-likeness (QED) is 0.697. The van der Waals surface area contributed by atoms with Gasteiger partial charge in [0.2, 0.25) is 15.9 Å². The van der Waals surface area contributed by atoms with Crippen LogP contribution in [0.3, 0.4) is 0 Å². The summed E-state index contributed by atoms with van der Waals surface area (Å²) in [4.78, 5) is 16.7. The van der Waals surface area contributed by atoms with E-state index in [0.717, 1.165) is 18.2 Å². The topological polar surface area (TPSA) is 105 Å². The zero-order valence-corrected chi connectivity index (χ0v) is 15.4. The second-order valence-corrected chi connectivity index (χ2v) is 8.34. The van der Waals surface area contributed by atoms with E-state index in [1.165, 1.54) is 10.4 Å². The Balaban J connectivity index is 1.63. The molecule has 0 atom stereocenters. The molecular formula is C18H18N4O4S. The van der Waals surface area contributed by atoms with Gasteiger partial charge in [0, 0.05) is 23.7 Å². The molecule has 0 radical (unpaired) electrons. The van der Waals surface area contributed by atoms with Crippen molar-refractivity contribution in [2.45, 2.75) is 30.7 Å². The highest BCUT2D eigenvalue weighted by Crippen LogP contribution is 2.33. The van der Waals surface area contributed by atoms with Crippen LogP contribution in [-0.4, -0.2) is 41.4 Å². The lowest BCUT2D eigenvalue weighted by molar-refractivity contribution is -0.116. The van der Waals surface area contributed by atoms with Crippen LogP contribution in [-0.2, 0) is 14.8 Å². The summed E-state index contributed by atoms with van der Waals surface area (Å²) in [6.07, 6.45) is 3.02. The van der Waals surface area contributed by atoms with Gasteiger partial charge >= 0.3 is 0 Å². The third kappa shape index (κ3) is 3.56. The number of aromatic nitrogens is 2. The van der Waals surface area contributed by atoms with Crippen LogP contribution in [0, 0.1) is 6.92 Å². The molecule has 1 N–H and O–H groups in total. The Morgan fingerprint density at radius 2 is 2.07 bits per heavy atom. The Morgan fingerprint density at radius 3 is 2.78 bits per heavy atom. The number of sulfonamides is 1. The van der Waals surface area contributed by atoms with Gasteiger partial charge in [-0.25, -0.2) is 8.42 Å². The minimum Gasteiger partial charge on any atom is -0.360 e. The van der Waals surface area contributed by atoms with Gasteiger partial charge in [0.05, 0.1) is 12.1 Å². The van der Waals surface area contributed by atoms with Crippen LogP contribution in [0.25, 0.3) is 10.9 Å². The molecule has 4 rings (SSSR count). The van der Waals surface area contributed by atoms with Gasteiger partial charge in [-0.1, -0.05) is 23.4 Å². The van der Waals surface area contributed by atoms with Crippen molar-refractivity contribution in [2.24, 2.45) is 0 Å². The van der Waals surface area contributed by atoms with Crippen molar-refractivity contribution in [3.05, 3.63) is 48.4 Å². The van der Waals surface area contributed by atoms with Crippen LogP contribution in [0.5, 0.6) is 0 Å². The molecule has 0 bridgehead atoms. The predicted molar refractivity (Wildman–Crippen MR) is 98.5 cm³/mol. The first-order valence-electron chi connectivity index (χ1n) is 8.54. The Bertz CT molecular complexity index is 1100. The number of benzene rings is 1. The second kappa shape index (κ2) is 6.75. The molecule has 3 aromatic rings. The van der Waals surface area contributed by atoms with Gasteiger partial charge in [0.1, 0.15) is 10.7 Å². The largest absolute Gasteiger partial charge is 0.360 e. The molecule has 1 saturated carbocycles. The van der Waals surface area contributed by atoms with E-state index in [4.69, 9.17) is 4.52 Å². The second-order valence-electron chi connectivity index (χ2n) is 6.48. The minimum atomic E-state index is -3.88. The summed E-state index contributed by atoms with van der Waals surface area (Å²) in [5.74, 6) is 0.350. The van der Waals surface area contributed by atoms with Crippen LogP contribution in [0.15, 0.2) is 52.0 Å². The Labute approximate surface area is 156 Å². The molecule has 0 spiro atoms. The number of hydrogen-bond acceptors (Lipinski definition) is 6. The summed E-state index contributed by atoms with van der Waals surface area (Å²) in [5.41, 5.74) is 0.401. The van der Waals surface area contributed by atoms with Gasteiger partial charge in [-0.3, -0.25) is 9.78 Å². The van der Waals surface area contributed by atoms with Gasteiger partial charge < -0.3 is 9.84 Å². The number of carbonyl (C=O) groups is 1. The summed E-state index contributed by atoms with van der Waals surface area (Å²) in [7, 11) is -3.88. The standard InChI is InChI=1S/C18H18N4O4S/c1-12-10-16(21-26-12)20-17(23)11-22(14-7-8-14)27(24,25)15-6-2-4-13-5-3-9-19-18(13)15/h2-6,9-10,14H,7-8,11H2,1H3,(H,20,21,23). The van der Waals surface area contributed by atoms with Crippen molar-refractivity contribution < 1.29 is 17.7 Å². The van der Waals surface area contributed by atoms with Gasteiger partial charge in [-0.15, -0.1) is 0 Å². The average Bonchev–Trinajstić information content (AvgIpc) is 3.41. The Morgan fingerprint density at radius 1 is 1.30 bits per heavy atom. The van der Waals surface area contributed by atoms with Crippen LogP contribution in [0.1, 0.15) is 18.6 Å². The lowest BCUT2D eigenvalue weighted by atomic mass is 10.2. The molecule has 0 aliphatic heterocycles. The number of pyridine rings is 1. The molecule has 2 aromatic heterocycles. The highest BCUT2D eigenvalue weighted by atomic mass is 32.2. The maximum absolute atomic E-state index is 13.3. The first-order valence-corrected chi connectivity index (χ1v) is 9.98. The van der Waals surface area contributed by atoms with Crippen molar-refractivity contribution in [2.75, 3.05) is 11.9 Å². The maximum Gasteiger partial charge on any atom is 0.245 e. The van der Waals surface area contributed by atoms with Crippen LogP contribution in [0.2, 0.25) is 0 Å². The molecule has 1 fully saturated rings. The fraction of sp³-hybridized carbons (Fsp3) is 0.278. The van der Waals surface area contributed by atoms with Crippen LogP contribution in [0.4, 0.5) is 5.82 Å². The Hall–Kier alpha value is -2.78. The highest BCUT2D eigenvalue weighted by Gasteiger charge is 2.40. The third-order valence-electron chi connectivity index (χ3n) is 4.33. The molecule has 8 nitrogen and oxygen atoms in total. The first-order chi connectivity index (χ1) is 12.9. The van der Waals surface area contributed by atoms with Gasteiger partial charge in [0.15, 0.2) is 5.82 Å². The number of rotatable bonds is 6. The normalized spacial score (nSPS) is 14.6. The SMILES string of the molecule is Cc1cc(NC(=O)CN(C2CC2)S(=O)(=O)c2cccc3cccnc23)no1. The van der Waals surface area contributed by atoms with Gasteiger partial charge in [-0.2, -0.15) is 4.31 Å². The fourth-order valence-electron chi connectivity index (χ4n) is 2.93. The summed E-state index contributed by atoms with van der Waals surface area (Å²) in [6.45, 7) is 1.42. The van der Waals surface area contributed by atoms with Crippen LogP contribution >= 0.6 is 0 Å². The van der Waals surface area contributed by atoms with Crippen molar-refractivity contribution in [3.63, 3.8) is 0 Å². The number of nitrogens with one attached hydrogen (secondary N) is 1. The van der Waals surface area contributed by atoms with E-state index in [0.29, 0.717) is 11.3 Å². The number of fused-ring (bicyclic) bond motifs is 1. The number of nitrogens with zero attached hydrogens (tertiary/aromatic N) is 3. The smallest absolute Gasteiger partial charge is 0.245 e. The lowest BCUT2D eigenvalue weighted by Gasteiger charge is -2.21. The third-order valence-corrected chi connectivity index (χ3v) is 6.26. The van der Waals surface area contributed by atoms with Gasteiger partial charge in [0.25, 0.3) is 0 Å². The average molecular weight is 386 g/mol. The summed E-state index contributed by atoms with van der Waals surface area (Å²) >= 11 is 0.